The second-order valence-electron chi connectivity index (χ2n) is 10.6. The normalized spacial score (nSPS) is 14.0. The van der Waals surface area contributed by atoms with Crippen LogP contribution in [0.4, 0.5) is 0 Å². The number of carbonyl (C=O) groups excluding carboxylic acids is 3. The summed E-state index contributed by atoms with van der Waals surface area (Å²) in [6.07, 6.45) is 4.92. The van der Waals surface area contributed by atoms with Crippen molar-refractivity contribution >= 4 is 52.3 Å². The summed E-state index contributed by atoms with van der Waals surface area (Å²) >= 11 is 1.55. The first kappa shape index (κ1) is 34.4. The third-order valence-corrected chi connectivity index (χ3v) is 7.25. The van der Waals surface area contributed by atoms with Gasteiger partial charge >= 0.3 is 5.97 Å². The van der Waals surface area contributed by atoms with Crippen molar-refractivity contribution in [3.63, 3.8) is 0 Å². The van der Waals surface area contributed by atoms with Crippen molar-refractivity contribution in [2.75, 3.05) is 18.6 Å². The largest absolute Gasteiger partial charge is 0.480 e. The number of aliphatic carboxylic acids is 1. The van der Waals surface area contributed by atoms with Gasteiger partial charge in [0, 0.05) is 30.1 Å². The number of benzene rings is 1. The summed E-state index contributed by atoms with van der Waals surface area (Å²) in [6, 6.07) is 3.40. The van der Waals surface area contributed by atoms with Gasteiger partial charge < -0.3 is 43.2 Å². The number of aliphatic imine (C=N–C) groups is 1. The number of rotatable bonds is 18. The predicted molar refractivity (Wildman–Crippen MR) is 166 cm³/mol. The second kappa shape index (κ2) is 17.2. The molecule has 11 N–H and O–H groups in total. The van der Waals surface area contributed by atoms with Gasteiger partial charge in [-0.3, -0.25) is 19.4 Å². The number of amides is 3. The molecule has 0 aliphatic heterocycles. The molecule has 0 radical (unpaired) electrons. The molecule has 2 rings (SSSR count). The molecule has 13 nitrogen and oxygen atoms in total. The van der Waals surface area contributed by atoms with Crippen LogP contribution in [0.15, 0.2) is 35.5 Å². The second-order valence-corrected chi connectivity index (χ2v) is 11.5. The zero-order chi connectivity index (χ0) is 31.2. The van der Waals surface area contributed by atoms with Gasteiger partial charge in [-0.05, 0) is 55.2 Å². The Hall–Kier alpha value is -3.78. The van der Waals surface area contributed by atoms with Gasteiger partial charge in [0.25, 0.3) is 0 Å². The monoisotopic (exact) mass is 604 g/mol. The lowest BCUT2D eigenvalue weighted by atomic mass is 10.0. The number of hydrogen-bond donors (Lipinski definition) is 8. The standard InChI is InChI=1S/C28H44N8O5S/c1-16(2)13-22(26(39)36-23(27(40)41)14-17-15-33-20-8-5-4-7-18(17)20)35-25(38)21(9-6-11-32-28(30)31)34-24(37)19(29)10-12-42-3/h4-5,7-8,15-16,19,21-23,33H,6,9-14,29H2,1-3H3,(H,34,37)(H,35,38)(H,36,39)(H,40,41)(H4,30,31,32). The quantitative estimate of drug-likeness (QED) is 0.0669. The molecule has 14 heteroatoms. The molecule has 0 aliphatic carbocycles. The number of aromatic amines is 1. The number of carboxylic acid groups (broad SMARTS) is 1. The van der Waals surface area contributed by atoms with E-state index in [9.17, 15) is 24.3 Å². The topological polar surface area (TPSA) is 231 Å². The molecule has 0 aliphatic rings. The van der Waals surface area contributed by atoms with Crippen LogP contribution in [0.2, 0.25) is 0 Å². The maximum Gasteiger partial charge on any atom is 0.326 e. The lowest BCUT2D eigenvalue weighted by Gasteiger charge is -2.26. The van der Waals surface area contributed by atoms with E-state index >= 15 is 0 Å². The number of fused-ring (bicyclic) bond motifs is 1. The number of carbonyl (C=O) groups is 4. The van der Waals surface area contributed by atoms with Crippen LogP contribution in [-0.4, -0.2) is 82.5 Å². The third-order valence-electron chi connectivity index (χ3n) is 6.60. The molecular weight excluding hydrogens is 560 g/mol. The van der Waals surface area contributed by atoms with Crippen molar-refractivity contribution in [2.45, 2.75) is 70.1 Å². The summed E-state index contributed by atoms with van der Waals surface area (Å²) < 4.78 is 0. The third kappa shape index (κ3) is 11.2. The Kier molecular flexibility index (Phi) is 14.1. The van der Waals surface area contributed by atoms with E-state index in [-0.39, 0.29) is 37.7 Å². The zero-order valence-electron chi connectivity index (χ0n) is 24.4. The summed E-state index contributed by atoms with van der Waals surface area (Å²) in [7, 11) is 0. The van der Waals surface area contributed by atoms with Crippen molar-refractivity contribution in [2.24, 2.45) is 28.1 Å². The Bertz CT molecular complexity index is 1230. The molecule has 0 spiro atoms. The van der Waals surface area contributed by atoms with Crippen LogP contribution in [0, 0.1) is 5.92 Å². The molecule has 1 aromatic carbocycles. The van der Waals surface area contributed by atoms with Crippen LogP contribution in [0.3, 0.4) is 0 Å². The zero-order valence-corrected chi connectivity index (χ0v) is 25.2. The number of nitrogens with zero attached hydrogens (tertiary/aromatic N) is 1. The predicted octanol–water partition coefficient (Wildman–Crippen LogP) is 0.430. The maximum atomic E-state index is 13.4. The van der Waals surface area contributed by atoms with E-state index in [1.54, 1.807) is 18.0 Å². The lowest BCUT2D eigenvalue weighted by molar-refractivity contribution is -0.142. The average molecular weight is 605 g/mol. The molecule has 0 fully saturated rings. The fourth-order valence-electron chi connectivity index (χ4n) is 4.40. The number of H-pyrrole nitrogens is 1. The number of carboxylic acids is 1. The minimum atomic E-state index is -1.23. The molecule has 3 amide bonds. The van der Waals surface area contributed by atoms with E-state index in [0.29, 0.717) is 18.6 Å². The van der Waals surface area contributed by atoms with E-state index in [0.717, 1.165) is 16.5 Å². The number of hydrogen-bond acceptors (Lipinski definition) is 7. The number of thioether (sulfide) groups is 1. The molecule has 4 atom stereocenters. The van der Waals surface area contributed by atoms with Gasteiger partial charge in [0.2, 0.25) is 17.7 Å². The van der Waals surface area contributed by atoms with Crippen LogP contribution >= 0.6 is 11.8 Å². The van der Waals surface area contributed by atoms with E-state index < -0.39 is 47.9 Å². The van der Waals surface area contributed by atoms with E-state index in [1.807, 2.05) is 44.4 Å². The molecule has 0 bridgehead atoms. The Morgan fingerprint density at radius 1 is 0.976 bits per heavy atom. The highest BCUT2D eigenvalue weighted by atomic mass is 32.2. The Morgan fingerprint density at radius 3 is 2.26 bits per heavy atom. The number of aromatic nitrogens is 1. The minimum absolute atomic E-state index is 0.00665. The van der Waals surface area contributed by atoms with Gasteiger partial charge in [-0.1, -0.05) is 32.0 Å². The van der Waals surface area contributed by atoms with Crippen LogP contribution in [0.25, 0.3) is 10.9 Å². The van der Waals surface area contributed by atoms with Crippen molar-refractivity contribution in [1.29, 1.82) is 0 Å². The molecule has 1 aromatic heterocycles. The molecule has 42 heavy (non-hydrogen) atoms. The maximum absolute atomic E-state index is 13.4. The number of nitrogens with two attached hydrogens (primary N) is 3. The molecule has 0 saturated heterocycles. The summed E-state index contributed by atoms with van der Waals surface area (Å²) in [5.74, 6) is -2.33. The minimum Gasteiger partial charge on any atom is -0.480 e. The lowest BCUT2D eigenvalue weighted by Crippen LogP contribution is -2.57. The Morgan fingerprint density at radius 2 is 1.62 bits per heavy atom. The van der Waals surface area contributed by atoms with E-state index in [4.69, 9.17) is 17.2 Å². The van der Waals surface area contributed by atoms with Gasteiger partial charge in [-0.15, -0.1) is 0 Å². The van der Waals surface area contributed by atoms with Gasteiger partial charge in [0.05, 0.1) is 6.04 Å². The number of guanidine groups is 1. The molecular formula is C28H44N8O5S. The summed E-state index contributed by atoms with van der Waals surface area (Å²) in [4.78, 5) is 58.7. The Balaban J connectivity index is 2.18. The van der Waals surface area contributed by atoms with Gasteiger partial charge in [0.1, 0.15) is 18.1 Å². The SMILES string of the molecule is CSCCC(N)C(=O)NC(CCCN=C(N)N)C(=O)NC(CC(C)C)C(=O)NC(Cc1c[nH]c2ccccc12)C(=O)O. The van der Waals surface area contributed by atoms with Crippen molar-refractivity contribution in [1.82, 2.24) is 20.9 Å². The Labute approximate surface area is 250 Å². The first-order valence-electron chi connectivity index (χ1n) is 13.9. The molecule has 1 heterocycles. The highest BCUT2D eigenvalue weighted by Gasteiger charge is 2.31. The summed E-state index contributed by atoms with van der Waals surface area (Å²) in [5.41, 5.74) is 18.4. The number of nitrogens with one attached hydrogen (secondary N) is 4. The fourth-order valence-corrected chi connectivity index (χ4v) is 4.88. The van der Waals surface area contributed by atoms with Crippen LogP contribution < -0.4 is 33.2 Å². The molecule has 2 aromatic rings. The highest BCUT2D eigenvalue weighted by molar-refractivity contribution is 7.98. The van der Waals surface area contributed by atoms with E-state index in [2.05, 4.69) is 25.9 Å². The van der Waals surface area contributed by atoms with E-state index in [1.165, 1.54) is 0 Å². The fraction of sp³-hybridized carbons (Fsp3) is 0.536. The number of para-hydroxylation sites is 1. The van der Waals surface area contributed by atoms with Crippen molar-refractivity contribution < 1.29 is 24.3 Å². The summed E-state index contributed by atoms with van der Waals surface area (Å²) in [6.45, 7) is 4.00. The van der Waals surface area contributed by atoms with Crippen molar-refractivity contribution in [3.8, 4) is 0 Å². The van der Waals surface area contributed by atoms with Gasteiger partial charge in [0.15, 0.2) is 5.96 Å². The van der Waals surface area contributed by atoms with Crippen LogP contribution in [0.1, 0.15) is 45.1 Å². The summed E-state index contributed by atoms with van der Waals surface area (Å²) in [5, 5.41) is 18.8. The molecule has 232 valence electrons. The van der Waals surface area contributed by atoms with Crippen molar-refractivity contribution in [3.05, 3.63) is 36.0 Å². The molecule has 0 saturated carbocycles. The van der Waals surface area contributed by atoms with Gasteiger partial charge in [-0.25, -0.2) is 4.79 Å². The first-order valence-corrected chi connectivity index (χ1v) is 15.3. The first-order chi connectivity index (χ1) is 19.9. The van der Waals surface area contributed by atoms with Crippen LogP contribution in [-0.2, 0) is 25.6 Å². The average Bonchev–Trinajstić information content (AvgIpc) is 3.34. The molecule has 4 unspecified atom stereocenters. The smallest absolute Gasteiger partial charge is 0.326 e. The highest BCUT2D eigenvalue weighted by Crippen LogP contribution is 2.19. The van der Waals surface area contributed by atoms with Crippen LogP contribution in [0.5, 0.6) is 0 Å². The van der Waals surface area contributed by atoms with Gasteiger partial charge in [-0.2, -0.15) is 11.8 Å².